The fraction of sp³-hybridized carbons (Fsp3) is 0.200. The van der Waals surface area contributed by atoms with Crippen LogP contribution < -0.4 is 10.1 Å². The predicted octanol–water partition coefficient (Wildman–Crippen LogP) is 5.17. The van der Waals surface area contributed by atoms with Crippen LogP contribution in [-0.4, -0.2) is 12.5 Å². The molecule has 0 bridgehead atoms. The average molecular weight is 399 g/mol. The number of hydrogen-bond donors (Lipinski definition) is 1. The highest BCUT2D eigenvalue weighted by Crippen LogP contribution is 2.17. The summed E-state index contributed by atoms with van der Waals surface area (Å²) in [6.07, 6.45) is 3.65. The lowest BCUT2D eigenvalue weighted by Crippen LogP contribution is -2.13. The Morgan fingerprint density at radius 3 is 2.48 bits per heavy atom. The summed E-state index contributed by atoms with van der Waals surface area (Å²) in [6, 6.07) is 16.4. The number of carbonyl (C=O) groups excluding carboxylic acids is 1. The Morgan fingerprint density at radius 2 is 1.88 bits per heavy atom. The summed E-state index contributed by atoms with van der Waals surface area (Å²) >= 11 is 3.34. The van der Waals surface area contributed by atoms with Crippen molar-refractivity contribution in [3.05, 3.63) is 64.1 Å². The normalized spacial score (nSPS) is 10.8. The smallest absolute Gasteiger partial charge is 0.266 e. The van der Waals surface area contributed by atoms with Crippen LogP contribution in [0.3, 0.4) is 0 Å². The Labute approximate surface area is 156 Å². The number of rotatable bonds is 7. The Hall–Kier alpha value is -2.58. The van der Waals surface area contributed by atoms with E-state index in [1.165, 1.54) is 0 Å². The molecule has 0 saturated heterocycles. The minimum absolute atomic E-state index is 0.0440. The second-order valence-corrected chi connectivity index (χ2v) is 6.32. The van der Waals surface area contributed by atoms with E-state index in [2.05, 4.69) is 28.2 Å². The molecular formula is C20H19BrN2O2. The lowest BCUT2D eigenvalue weighted by Gasteiger charge is -2.06. The minimum atomic E-state index is -0.437. The number of anilines is 1. The van der Waals surface area contributed by atoms with Crippen LogP contribution in [0, 0.1) is 11.3 Å². The number of nitriles is 1. The number of ether oxygens (including phenoxy) is 1. The molecule has 0 aliphatic heterocycles. The van der Waals surface area contributed by atoms with E-state index in [-0.39, 0.29) is 5.57 Å². The van der Waals surface area contributed by atoms with Crippen molar-refractivity contribution < 1.29 is 9.53 Å². The molecule has 0 saturated carbocycles. The molecule has 1 N–H and O–H groups in total. The van der Waals surface area contributed by atoms with Crippen molar-refractivity contribution >= 4 is 33.6 Å². The number of amides is 1. The van der Waals surface area contributed by atoms with Gasteiger partial charge in [-0.3, -0.25) is 4.79 Å². The summed E-state index contributed by atoms with van der Waals surface area (Å²) in [6.45, 7) is 2.80. The highest BCUT2D eigenvalue weighted by Gasteiger charge is 2.09. The van der Waals surface area contributed by atoms with Gasteiger partial charge >= 0.3 is 0 Å². The SMILES string of the molecule is CCCCOc1ccc(/C=C(\C#N)C(=O)Nc2ccc(Br)cc2)cc1. The van der Waals surface area contributed by atoms with Crippen molar-refractivity contribution in [3.63, 3.8) is 0 Å². The third-order valence-corrected chi connectivity index (χ3v) is 3.95. The molecule has 1 amide bonds. The first-order chi connectivity index (χ1) is 12.1. The molecule has 0 heterocycles. The van der Waals surface area contributed by atoms with E-state index in [1.807, 2.05) is 42.5 Å². The Morgan fingerprint density at radius 1 is 1.20 bits per heavy atom. The molecule has 128 valence electrons. The quantitative estimate of drug-likeness (QED) is 0.397. The highest BCUT2D eigenvalue weighted by atomic mass is 79.9. The summed E-state index contributed by atoms with van der Waals surface area (Å²) in [4.78, 5) is 12.2. The molecule has 0 radical (unpaired) electrons. The van der Waals surface area contributed by atoms with Gasteiger partial charge in [0.2, 0.25) is 0 Å². The Kier molecular flexibility index (Phi) is 7.24. The summed E-state index contributed by atoms with van der Waals surface area (Å²) in [7, 11) is 0. The van der Waals surface area contributed by atoms with Crippen LogP contribution >= 0.6 is 15.9 Å². The van der Waals surface area contributed by atoms with E-state index in [1.54, 1.807) is 18.2 Å². The number of nitrogens with zero attached hydrogens (tertiary/aromatic N) is 1. The maximum atomic E-state index is 12.2. The maximum absolute atomic E-state index is 12.2. The van der Waals surface area contributed by atoms with E-state index >= 15 is 0 Å². The maximum Gasteiger partial charge on any atom is 0.266 e. The van der Waals surface area contributed by atoms with E-state index in [0.717, 1.165) is 28.6 Å². The van der Waals surface area contributed by atoms with E-state index in [9.17, 15) is 10.1 Å². The first-order valence-electron chi connectivity index (χ1n) is 8.04. The molecule has 0 spiro atoms. The lowest BCUT2D eigenvalue weighted by atomic mass is 10.1. The van der Waals surface area contributed by atoms with Gasteiger partial charge in [0, 0.05) is 10.2 Å². The third-order valence-electron chi connectivity index (χ3n) is 3.42. The second-order valence-electron chi connectivity index (χ2n) is 5.40. The van der Waals surface area contributed by atoms with E-state index in [0.29, 0.717) is 12.3 Å². The van der Waals surface area contributed by atoms with Crippen LogP contribution in [0.2, 0.25) is 0 Å². The molecule has 0 aromatic heterocycles. The number of hydrogen-bond acceptors (Lipinski definition) is 3. The van der Waals surface area contributed by atoms with Gasteiger partial charge < -0.3 is 10.1 Å². The van der Waals surface area contributed by atoms with Gasteiger partial charge in [-0.05, 0) is 54.5 Å². The zero-order valence-corrected chi connectivity index (χ0v) is 15.5. The largest absolute Gasteiger partial charge is 0.494 e. The van der Waals surface area contributed by atoms with Crippen molar-refractivity contribution in [3.8, 4) is 11.8 Å². The summed E-state index contributed by atoms with van der Waals surface area (Å²) in [5, 5.41) is 12.0. The topological polar surface area (TPSA) is 62.1 Å². The van der Waals surface area contributed by atoms with Crippen molar-refractivity contribution in [2.75, 3.05) is 11.9 Å². The minimum Gasteiger partial charge on any atom is -0.494 e. The molecule has 0 fully saturated rings. The van der Waals surface area contributed by atoms with Gasteiger partial charge in [-0.15, -0.1) is 0 Å². The van der Waals surface area contributed by atoms with Crippen LogP contribution in [0.5, 0.6) is 5.75 Å². The van der Waals surface area contributed by atoms with Crippen LogP contribution in [0.4, 0.5) is 5.69 Å². The van der Waals surface area contributed by atoms with Gasteiger partial charge in [0.05, 0.1) is 6.61 Å². The molecule has 0 aliphatic carbocycles. The van der Waals surface area contributed by atoms with E-state index < -0.39 is 5.91 Å². The number of unbranched alkanes of at least 4 members (excludes halogenated alkanes) is 1. The van der Waals surface area contributed by atoms with Crippen molar-refractivity contribution in [2.24, 2.45) is 0 Å². The van der Waals surface area contributed by atoms with Gasteiger partial charge in [0.15, 0.2) is 0 Å². The molecule has 0 unspecified atom stereocenters. The Bertz CT molecular complexity index is 775. The molecule has 5 heteroatoms. The first-order valence-corrected chi connectivity index (χ1v) is 8.83. The fourth-order valence-corrected chi connectivity index (χ4v) is 2.31. The Balaban J connectivity index is 2.04. The monoisotopic (exact) mass is 398 g/mol. The van der Waals surface area contributed by atoms with Gasteiger partial charge in [0.1, 0.15) is 17.4 Å². The highest BCUT2D eigenvalue weighted by molar-refractivity contribution is 9.10. The molecule has 0 aliphatic rings. The standard InChI is InChI=1S/C20H19BrN2O2/c1-2-3-12-25-19-10-4-15(5-11-19)13-16(14-22)20(24)23-18-8-6-17(21)7-9-18/h4-11,13H,2-3,12H2,1H3,(H,23,24)/b16-13+. The first kappa shape index (κ1) is 18.8. The van der Waals surface area contributed by atoms with Crippen molar-refractivity contribution in [2.45, 2.75) is 19.8 Å². The summed E-state index contributed by atoms with van der Waals surface area (Å²) in [5.74, 6) is 0.344. The zero-order valence-electron chi connectivity index (χ0n) is 14.0. The number of nitrogens with one attached hydrogen (secondary N) is 1. The van der Waals surface area contributed by atoms with Gasteiger partial charge in [-0.1, -0.05) is 41.4 Å². The molecule has 2 rings (SSSR count). The average Bonchev–Trinajstić information content (AvgIpc) is 2.63. The van der Waals surface area contributed by atoms with Crippen molar-refractivity contribution in [1.29, 1.82) is 5.26 Å². The third kappa shape index (κ3) is 6.09. The van der Waals surface area contributed by atoms with Crippen molar-refractivity contribution in [1.82, 2.24) is 0 Å². The van der Waals surface area contributed by atoms with E-state index in [4.69, 9.17) is 4.74 Å². The van der Waals surface area contributed by atoms with Crippen LogP contribution in [0.15, 0.2) is 58.6 Å². The summed E-state index contributed by atoms with van der Waals surface area (Å²) < 4.78 is 6.52. The number of benzene rings is 2. The molecule has 2 aromatic carbocycles. The molecule has 4 nitrogen and oxygen atoms in total. The second kappa shape index (κ2) is 9.65. The molecule has 2 aromatic rings. The fourth-order valence-electron chi connectivity index (χ4n) is 2.04. The van der Waals surface area contributed by atoms with Gasteiger partial charge in [0.25, 0.3) is 5.91 Å². The van der Waals surface area contributed by atoms with Gasteiger partial charge in [-0.2, -0.15) is 5.26 Å². The van der Waals surface area contributed by atoms with Crippen LogP contribution in [0.25, 0.3) is 6.08 Å². The van der Waals surface area contributed by atoms with Crippen LogP contribution in [0.1, 0.15) is 25.3 Å². The molecular weight excluding hydrogens is 380 g/mol. The zero-order chi connectivity index (χ0) is 18.1. The number of halogens is 1. The molecule has 0 atom stereocenters. The summed E-state index contributed by atoms with van der Waals surface area (Å²) in [5.41, 5.74) is 1.45. The molecule has 25 heavy (non-hydrogen) atoms. The lowest BCUT2D eigenvalue weighted by molar-refractivity contribution is -0.112. The van der Waals surface area contributed by atoms with Crippen LogP contribution in [-0.2, 0) is 4.79 Å². The number of carbonyl (C=O) groups is 1. The predicted molar refractivity (Wildman–Crippen MR) is 103 cm³/mol. The van der Waals surface area contributed by atoms with Gasteiger partial charge in [-0.25, -0.2) is 0 Å².